The van der Waals surface area contributed by atoms with Gasteiger partial charge in [0.15, 0.2) is 5.65 Å². The molecule has 1 N–H and O–H groups in total. The van der Waals surface area contributed by atoms with Gasteiger partial charge in [0.2, 0.25) is 5.95 Å². The molecule has 0 bridgehead atoms. The van der Waals surface area contributed by atoms with Gasteiger partial charge in [0.1, 0.15) is 29.2 Å². The molecule has 2 aromatic carbocycles. The molecule has 3 heterocycles. The molecule has 12 heteroatoms. The first kappa shape index (κ1) is 23.0. The Bertz CT molecular complexity index is 1550. The first-order chi connectivity index (χ1) is 17.4. The number of carbonyl (C=O) groups is 1. The van der Waals surface area contributed by atoms with Crippen molar-refractivity contribution < 1.29 is 22.7 Å². The van der Waals surface area contributed by atoms with E-state index < -0.39 is 18.0 Å². The number of nitrogens with zero attached hydrogens (tertiary/aromatic N) is 6. The number of hydrogen-bond acceptors (Lipinski definition) is 6. The van der Waals surface area contributed by atoms with Gasteiger partial charge >= 0.3 is 0 Å². The molecule has 0 spiro atoms. The maximum absolute atomic E-state index is 13.8. The number of ether oxygens (including phenoxy) is 1. The smallest absolute Gasteiger partial charge is 0.280 e. The summed E-state index contributed by atoms with van der Waals surface area (Å²) in [6, 6.07) is 14.0. The number of benzene rings is 2. The minimum atomic E-state index is -2.86. The van der Waals surface area contributed by atoms with Crippen LogP contribution >= 0.6 is 0 Å². The number of halogens is 3. The van der Waals surface area contributed by atoms with Crippen molar-refractivity contribution in [3.8, 4) is 17.0 Å². The second-order valence-electron chi connectivity index (χ2n) is 7.74. The molecule has 182 valence electrons. The molecule has 36 heavy (non-hydrogen) atoms. The van der Waals surface area contributed by atoms with Crippen LogP contribution < -0.4 is 10.1 Å². The molecule has 0 fully saturated rings. The Morgan fingerprint density at radius 3 is 2.67 bits per heavy atom. The molecular weight excluding hydrogens is 475 g/mol. The fraction of sp³-hybridized carbons (Fsp3) is 0.125. The number of amides is 1. The van der Waals surface area contributed by atoms with Gasteiger partial charge in [0, 0.05) is 5.56 Å². The Morgan fingerprint density at radius 1 is 1.14 bits per heavy atom. The molecule has 0 aliphatic carbocycles. The van der Waals surface area contributed by atoms with Crippen molar-refractivity contribution in [3.63, 3.8) is 0 Å². The highest BCUT2D eigenvalue weighted by molar-refractivity contribution is 6.07. The van der Waals surface area contributed by atoms with Gasteiger partial charge in [0.05, 0.1) is 25.5 Å². The number of methoxy groups -OCH3 is 1. The number of hydrogen-bond donors (Lipinski definition) is 1. The van der Waals surface area contributed by atoms with Crippen molar-refractivity contribution in [2.45, 2.75) is 13.0 Å². The summed E-state index contributed by atoms with van der Waals surface area (Å²) in [6.45, 7) is 0.238. The van der Waals surface area contributed by atoms with E-state index in [0.717, 1.165) is 10.7 Å². The van der Waals surface area contributed by atoms with Crippen LogP contribution in [0.5, 0.6) is 5.75 Å². The van der Waals surface area contributed by atoms with Crippen LogP contribution in [0.1, 0.15) is 28.0 Å². The Kier molecular flexibility index (Phi) is 6.07. The van der Waals surface area contributed by atoms with Crippen LogP contribution in [0.2, 0.25) is 0 Å². The zero-order chi connectivity index (χ0) is 25.2. The van der Waals surface area contributed by atoms with Crippen LogP contribution in [-0.2, 0) is 6.54 Å². The lowest BCUT2D eigenvalue weighted by atomic mass is 10.1. The average molecular weight is 493 g/mol. The Labute approximate surface area is 202 Å². The molecule has 3 aromatic heterocycles. The summed E-state index contributed by atoms with van der Waals surface area (Å²) in [4.78, 5) is 21.4. The summed E-state index contributed by atoms with van der Waals surface area (Å²) in [5, 5.41) is 10.6. The number of alkyl halides is 2. The van der Waals surface area contributed by atoms with Crippen molar-refractivity contribution >= 4 is 17.5 Å². The highest BCUT2D eigenvalue weighted by atomic mass is 19.3. The standard InChI is InChI=1S/C24H18F3N7O2/c1-36-17-7-5-15(6-8-17)19-10-20(21(26)27)34-22(30-19)18(11-29-34)23(35)31-24-28-13-33(32-24)12-14-3-2-4-16(25)9-14/h2-11,13,21H,12H2,1H3,(H,31,32,35). The summed E-state index contributed by atoms with van der Waals surface area (Å²) in [5.41, 5.74) is 0.972. The normalized spacial score (nSPS) is 11.2. The molecule has 0 atom stereocenters. The lowest BCUT2D eigenvalue weighted by molar-refractivity contribution is 0.102. The van der Waals surface area contributed by atoms with E-state index in [0.29, 0.717) is 16.9 Å². The molecule has 0 aliphatic rings. The Hall–Kier alpha value is -4.74. The summed E-state index contributed by atoms with van der Waals surface area (Å²) in [6.07, 6.45) is -0.320. The molecule has 5 aromatic rings. The number of anilines is 1. The predicted molar refractivity (Wildman–Crippen MR) is 123 cm³/mol. The highest BCUT2D eigenvalue weighted by Crippen LogP contribution is 2.28. The van der Waals surface area contributed by atoms with Crippen LogP contribution in [0.25, 0.3) is 16.9 Å². The van der Waals surface area contributed by atoms with E-state index in [4.69, 9.17) is 4.74 Å². The number of rotatable bonds is 7. The van der Waals surface area contributed by atoms with Gasteiger partial charge < -0.3 is 4.74 Å². The van der Waals surface area contributed by atoms with Gasteiger partial charge in [-0.1, -0.05) is 12.1 Å². The highest BCUT2D eigenvalue weighted by Gasteiger charge is 2.22. The van der Waals surface area contributed by atoms with Crippen molar-refractivity contribution in [1.29, 1.82) is 0 Å². The zero-order valence-electron chi connectivity index (χ0n) is 18.8. The van der Waals surface area contributed by atoms with E-state index in [1.54, 1.807) is 36.4 Å². The minimum absolute atomic E-state index is 0.0175. The summed E-state index contributed by atoms with van der Waals surface area (Å²) >= 11 is 0. The Morgan fingerprint density at radius 2 is 1.94 bits per heavy atom. The van der Waals surface area contributed by atoms with E-state index in [2.05, 4.69) is 25.5 Å². The van der Waals surface area contributed by atoms with E-state index >= 15 is 0 Å². The van der Waals surface area contributed by atoms with Crippen molar-refractivity contribution in [2.75, 3.05) is 12.4 Å². The van der Waals surface area contributed by atoms with Crippen molar-refractivity contribution in [1.82, 2.24) is 29.4 Å². The Balaban J connectivity index is 1.43. The lowest BCUT2D eigenvalue weighted by Gasteiger charge is -2.09. The first-order valence-electron chi connectivity index (χ1n) is 10.7. The van der Waals surface area contributed by atoms with Gasteiger partial charge in [-0.05, 0) is 48.0 Å². The van der Waals surface area contributed by atoms with E-state index in [1.807, 2.05) is 0 Å². The van der Waals surface area contributed by atoms with Gasteiger partial charge in [-0.2, -0.15) is 5.10 Å². The van der Waals surface area contributed by atoms with Crippen LogP contribution in [0, 0.1) is 5.82 Å². The minimum Gasteiger partial charge on any atom is -0.497 e. The molecule has 0 saturated carbocycles. The quantitative estimate of drug-likeness (QED) is 0.362. The fourth-order valence-electron chi connectivity index (χ4n) is 3.63. The molecule has 0 radical (unpaired) electrons. The molecule has 9 nitrogen and oxygen atoms in total. The second-order valence-corrected chi connectivity index (χ2v) is 7.74. The zero-order valence-corrected chi connectivity index (χ0v) is 18.8. The molecule has 0 saturated heterocycles. The van der Waals surface area contributed by atoms with Crippen LogP contribution in [0.3, 0.4) is 0 Å². The van der Waals surface area contributed by atoms with E-state index in [1.165, 1.54) is 36.3 Å². The number of aromatic nitrogens is 6. The first-order valence-corrected chi connectivity index (χ1v) is 10.7. The van der Waals surface area contributed by atoms with Crippen molar-refractivity contribution in [2.24, 2.45) is 0 Å². The maximum Gasteiger partial charge on any atom is 0.280 e. The predicted octanol–water partition coefficient (Wildman–Crippen LogP) is 4.37. The van der Waals surface area contributed by atoms with Crippen LogP contribution in [0.15, 0.2) is 67.1 Å². The average Bonchev–Trinajstić information content (AvgIpc) is 3.50. The van der Waals surface area contributed by atoms with E-state index in [-0.39, 0.29) is 35.2 Å². The monoisotopic (exact) mass is 493 g/mol. The fourth-order valence-corrected chi connectivity index (χ4v) is 3.63. The van der Waals surface area contributed by atoms with Crippen LogP contribution in [0.4, 0.5) is 19.1 Å². The summed E-state index contributed by atoms with van der Waals surface area (Å²) < 4.78 is 48.5. The topological polar surface area (TPSA) is 99.2 Å². The molecule has 1 amide bonds. The second kappa shape index (κ2) is 9.49. The maximum atomic E-state index is 13.8. The third-order valence-corrected chi connectivity index (χ3v) is 5.35. The van der Waals surface area contributed by atoms with Gasteiger partial charge in [-0.15, -0.1) is 5.10 Å². The molecule has 0 aliphatic heterocycles. The van der Waals surface area contributed by atoms with Gasteiger partial charge in [-0.25, -0.2) is 32.3 Å². The number of nitrogens with one attached hydrogen (secondary N) is 1. The molecule has 5 rings (SSSR count). The number of carbonyl (C=O) groups excluding carboxylic acids is 1. The van der Waals surface area contributed by atoms with Gasteiger partial charge in [-0.3, -0.25) is 10.1 Å². The third kappa shape index (κ3) is 4.60. The van der Waals surface area contributed by atoms with Crippen LogP contribution in [-0.4, -0.2) is 42.4 Å². The molecular formula is C24H18F3N7O2. The van der Waals surface area contributed by atoms with Crippen molar-refractivity contribution in [3.05, 3.63) is 89.8 Å². The molecule has 0 unspecified atom stereocenters. The summed E-state index contributed by atoms with van der Waals surface area (Å²) in [5.74, 6) is -0.467. The SMILES string of the molecule is COc1ccc(-c2cc(C(F)F)n3ncc(C(=O)Nc4ncn(Cc5cccc(F)c5)n4)c3n2)cc1. The lowest BCUT2D eigenvalue weighted by Crippen LogP contribution is -2.14. The number of fused-ring (bicyclic) bond motifs is 1. The summed E-state index contributed by atoms with van der Waals surface area (Å²) in [7, 11) is 1.52. The van der Waals surface area contributed by atoms with Gasteiger partial charge in [0.25, 0.3) is 12.3 Å². The largest absolute Gasteiger partial charge is 0.497 e. The van der Waals surface area contributed by atoms with E-state index in [9.17, 15) is 18.0 Å². The third-order valence-electron chi connectivity index (χ3n) is 5.35.